The second-order valence-electron chi connectivity index (χ2n) is 4.91. The number of hydrogen-bond donors (Lipinski definition) is 1. The van der Waals surface area contributed by atoms with Crippen molar-refractivity contribution < 1.29 is 4.39 Å². The minimum absolute atomic E-state index is 0.183. The van der Waals surface area contributed by atoms with Crippen LogP contribution in [-0.2, 0) is 0 Å². The minimum Gasteiger partial charge on any atom is -0.351 e. The Hall–Kier alpha value is -1.97. The second-order valence-corrected chi connectivity index (χ2v) is 4.91. The molecule has 19 heavy (non-hydrogen) atoms. The molecule has 98 valence electrons. The van der Waals surface area contributed by atoms with E-state index in [-0.39, 0.29) is 5.82 Å². The summed E-state index contributed by atoms with van der Waals surface area (Å²) in [6.45, 7) is 0. The number of benzene rings is 1. The molecule has 2 unspecified atom stereocenters. The Labute approximate surface area is 111 Å². The monoisotopic (exact) mass is 257 g/mol. The summed E-state index contributed by atoms with van der Waals surface area (Å²) < 4.78 is 13.0. The van der Waals surface area contributed by atoms with Gasteiger partial charge in [-0.1, -0.05) is 18.6 Å². The lowest BCUT2D eigenvalue weighted by molar-refractivity contribution is 0.617. The molecular weight excluding hydrogens is 241 g/mol. The fraction of sp³-hybridized carbons (Fsp3) is 0.333. The first-order chi connectivity index (χ1) is 9.33. The zero-order chi connectivity index (χ0) is 13.1. The van der Waals surface area contributed by atoms with Crippen LogP contribution in [0, 0.1) is 5.82 Å². The molecule has 0 aliphatic heterocycles. The average Bonchev–Trinajstić information content (AvgIpc) is 2.89. The molecule has 0 saturated heterocycles. The topological polar surface area (TPSA) is 37.8 Å². The van der Waals surface area contributed by atoms with Crippen molar-refractivity contribution in [1.82, 2.24) is 9.97 Å². The molecule has 3 rings (SSSR count). The fourth-order valence-corrected chi connectivity index (χ4v) is 2.78. The average molecular weight is 257 g/mol. The standard InChI is InChI=1S/C15H16FN3/c16-12-7-5-11(6-8-12)13-3-1-4-14(13)19-15-17-9-2-10-18-15/h2,5-10,13-14H,1,3-4H2,(H,17,18,19). The van der Waals surface area contributed by atoms with E-state index in [0.717, 1.165) is 12.8 Å². The Balaban J connectivity index is 1.76. The van der Waals surface area contributed by atoms with Gasteiger partial charge < -0.3 is 5.32 Å². The summed E-state index contributed by atoms with van der Waals surface area (Å²) in [6, 6.07) is 8.95. The maximum Gasteiger partial charge on any atom is 0.222 e. The van der Waals surface area contributed by atoms with Crippen LogP contribution >= 0.6 is 0 Å². The molecule has 2 atom stereocenters. The summed E-state index contributed by atoms with van der Waals surface area (Å²) in [5.74, 6) is 0.892. The summed E-state index contributed by atoms with van der Waals surface area (Å²) in [4.78, 5) is 8.40. The van der Waals surface area contributed by atoms with Crippen LogP contribution in [0.1, 0.15) is 30.7 Å². The van der Waals surface area contributed by atoms with Crippen LogP contribution in [0.25, 0.3) is 0 Å². The molecule has 1 heterocycles. The Morgan fingerprint density at radius 1 is 1.05 bits per heavy atom. The lowest BCUT2D eigenvalue weighted by Gasteiger charge is -2.21. The molecule has 1 aliphatic rings. The van der Waals surface area contributed by atoms with Gasteiger partial charge in [-0.15, -0.1) is 0 Å². The Bertz CT molecular complexity index is 527. The number of anilines is 1. The molecule has 1 N–H and O–H groups in total. The maximum atomic E-state index is 13.0. The Kier molecular flexibility index (Phi) is 3.40. The van der Waals surface area contributed by atoms with Gasteiger partial charge in [0.1, 0.15) is 5.82 Å². The van der Waals surface area contributed by atoms with E-state index in [1.54, 1.807) is 18.5 Å². The van der Waals surface area contributed by atoms with Crippen molar-refractivity contribution in [3.63, 3.8) is 0 Å². The van der Waals surface area contributed by atoms with E-state index in [9.17, 15) is 4.39 Å². The fourth-order valence-electron chi connectivity index (χ4n) is 2.78. The molecule has 0 amide bonds. The van der Waals surface area contributed by atoms with Crippen LogP contribution < -0.4 is 5.32 Å². The molecule has 0 spiro atoms. The summed E-state index contributed by atoms with van der Waals surface area (Å²) >= 11 is 0. The van der Waals surface area contributed by atoms with Gasteiger partial charge in [0.2, 0.25) is 5.95 Å². The van der Waals surface area contributed by atoms with Gasteiger partial charge in [0, 0.05) is 24.4 Å². The van der Waals surface area contributed by atoms with Crippen LogP contribution in [0.2, 0.25) is 0 Å². The molecular formula is C15H16FN3. The van der Waals surface area contributed by atoms with Crippen molar-refractivity contribution >= 4 is 5.95 Å². The van der Waals surface area contributed by atoms with Crippen LogP contribution in [-0.4, -0.2) is 16.0 Å². The van der Waals surface area contributed by atoms with E-state index in [4.69, 9.17) is 0 Å². The van der Waals surface area contributed by atoms with Crippen molar-refractivity contribution in [2.45, 2.75) is 31.2 Å². The lowest BCUT2D eigenvalue weighted by Crippen LogP contribution is -2.23. The van der Waals surface area contributed by atoms with Crippen LogP contribution in [0.4, 0.5) is 10.3 Å². The number of halogens is 1. The number of nitrogens with one attached hydrogen (secondary N) is 1. The molecule has 1 aromatic carbocycles. The Morgan fingerprint density at radius 3 is 2.53 bits per heavy atom. The van der Waals surface area contributed by atoms with Gasteiger partial charge >= 0.3 is 0 Å². The third-order valence-corrected chi connectivity index (χ3v) is 3.69. The first-order valence-corrected chi connectivity index (χ1v) is 6.62. The van der Waals surface area contributed by atoms with Gasteiger partial charge in [-0.3, -0.25) is 0 Å². The van der Waals surface area contributed by atoms with Crippen LogP contribution in [0.3, 0.4) is 0 Å². The highest BCUT2D eigenvalue weighted by atomic mass is 19.1. The molecule has 4 heteroatoms. The van der Waals surface area contributed by atoms with E-state index in [0.29, 0.717) is 17.9 Å². The van der Waals surface area contributed by atoms with Crippen molar-refractivity contribution in [1.29, 1.82) is 0 Å². The normalized spacial score (nSPS) is 22.4. The third kappa shape index (κ3) is 2.72. The summed E-state index contributed by atoms with van der Waals surface area (Å²) in [6.07, 6.45) is 6.86. The van der Waals surface area contributed by atoms with Gasteiger partial charge in [0.15, 0.2) is 0 Å². The lowest BCUT2D eigenvalue weighted by atomic mass is 9.94. The zero-order valence-electron chi connectivity index (χ0n) is 10.6. The van der Waals surface area contributed by atoms with E-state index >= 15 is 0 Å². The van der Waals surface area contributed by atoms with Gasteiger partial charge in [-0.2, -0.15) is 0 Å². The molecule has 1 saturated carbocycles. The molecule has 1 fully saturated rings. The smallest absolute Gasteiger partial charge is 0.222 e. The molecule has 1 aliphatic carbocycles. The van der Waals surface area contributed by atoms with Crippen LogP contribution in [0.5, 0.6) is 0 Å². The van der Waals surface area contributed by atoms with Crippen molar-refractivity contribution in [2.24, 2.45) is 0 Å². The van der Waals surface area contributed by atoms with Crippen LogP contribution in [0.15, 0.2) is 42.7 Å². The number of rotatable bonds is 3. The molecule has 0 radical (unpaired) electrons. The zero-order valence-corrected chi connectivity index (χ0v) is 10.6. The predicted octanol–water partition coefficient (Wildman–Crippen LogP) is 3.36. The highest BCUT2D eigenvalue weighted by Gasteiger charge is 2.28. The largest absolute Gasteiger partial charge is 0.351 e. The SMILES string of the molecule is Fc1ccc(C2CCCC2Nc2ncccn2)cc1. The maximum absolute atomic E-state index is 13.0. The highest BCUT2D eigenvalue weighted by Crippen LogP contribution is 2.35. The molecule has 3 nitrogen and oxygen atoms in total. The summed E-state index contributed by atoms with van der Waals surface area (Å²) in [5.41, 5.74) is 1.19. The highest BCUT2D eigenvalue weighted by molar-refractivity contribution is 5.31. The predicted molar refractivity (Wildman–Crippen MR) is 72.4 cm³/mol. The van der Waals surface area contributed by atoms with Crippen molar-refractivity contribution in [3.8, 4) is 0 Å². The van der Waals surface area contributed by atoms with Gasteiger partial charge in [0.25, 0.3) is 0 Å². The minimum atomic E-state index is -0.183. The quantitative estimate of drug-likeness (QED) is 0.916. The number of hydrogen-bond acceptors (Lipinski definition) is 3. The first kappa shape index (κ1) is 12.1. The molecule has 2 aromatic rings. The van der Waals surface area contributed by atoms with Crippen molar-refractivity contribution in [2.75, 3.05) is 5.32 Å². The van der Waals surface area contributed by atoms with E-state index in [1.807, 2.05) is 12.1 Å². The van der Waals surface area contributed by atoms with Gasteiger partial charge in [0.05, 0.1) is 0 Å². The third-order valence-electron chi connectivity index (χ3n) is 3.69. The number of aromatic nitrogens is 2. The summed E-state index contributed by atoms with van der Waals surface area (Å²) in [5, 5.41) is 3.39. The first-order valence-electron chi connectivity index (χ1n) is 6.62. The van der Waals surface area contributed by atoms with Crippen molar-refractivity contribution in [3.05, 3.63) is 54.1 Å². The number of nitrogens with zero attached hydrogens (tertiary/aromatic N) is 2. The second kappa shape index (κ2) is 5.34. The van der Waals surface area contributed by atoms with E-state index < -0.39 is 0 Å². The molecule has 1 aromatic heterocycles. The molecule has 0 bridgehead atoms. The summed E-state index contributed by atoms with van der Waals surface area (Å²) in [7, 11) is 0. The van der Waals surface area contributed by atoms with Gasteiger partial charge in [-0.05, 0) is 36.6 Å². The van der Waals surface area contributed by atoms with Gasteiger partial charge in [-0.25, -0.2) is 14.4 Å². The van der Waals surface area contributed by atoms with E-state index in [1.165, 1.54) is 24.1 Å². The Morgan fingerprint density at radius 2 is 1.79 bits per heavy atom. The van der Waals surface area contributed by atoms with E-state index in [2.05, 4.69) is 15.3 Å².